The molecule has 0 unspecified atom stereocenters. The summed E-state index contributed by atoms with van der Waals surface area (Å²) in [6.07, 6.45) is 0.293. The summed E-state index contributed by atoms with van der Waals surface area (Å²) in [5, 5.41) is 2.97. The van der Waals surface area contributed by atoms with Crippen molar-refractivity contribution in [3.8, 4) is 5.75 Å². The third-order valence-corrected chi connectivity index (χ3v) is 5.70. The Bertz CT molecular complexity index is 1080. The molecule has 3 aromatic rings. The predicted octanol–water partition coefficient (Wildman–Crippen LogP) is 5.83. The Kier molecular flexibility index (Phi) is 5.16. The number of nitrogens with one attached hydrogen (secondary N) is 1. The van der Waals surface area contributed by atoms with E-state index in [1.165, 1.54) is 0 Å². The number of Topliss-reactive ketones (excluding diaryl/α,β-unsaturated/α-hetero) is 1. The number of para-hydroxylation sites is 1. The molecule has 0 spiro atoms. The van der Waals surface area contributed by atoms with E-state index in [2.05, 4.69) is 5.32 Å². The van der Waals surface area contributed by atoms with Gasteiger partial charge in [0.2, 0.25) is 0 Å². The highest BCUT2D eigenvalue weighted by molar-refractivity contribution is 7.99. The predicted molar refractivity (Wildman–Crippen MR) is 115 cm³/mol. The van der Waals surface area contributed by atoms with Crippen LogP contribution in [-0.2, 0) is 0 Å². The maximum Gasteiger partial charge on any atom is 0.255 e. The lowest BCUT2D eigenvalue weighted by Crippen LogP contribution is -2.36. The molecular weight excluding hydrogens is 382 g/mol. The number of rotatable bonds is 4. The Morgan fingerprint density at radius 3 is 2.52 bits per heavy atom. The molecule has 3 aromatic carbocycles. The fourth-order valence-electron chi connectivity index (χ4n) is 3.26. The van der Waals surface area contributed by atoms with Crippen LogP contribution in [0.15, 0.2) is 82.6 Å². The maximum atomic E-state index is 12.9. The van der Waals surface area contributed by atoms with Gasteiger partial charge in [-0.3, -0.25) is 9.59 Å². The molecule has 29 heavy (non-hydrogen) atoms. The van der Waals surface area contributed by atoms with Gasteiger partial charge in [-0.2, -0.15) is 0 Å². The quantitative estimate of drug-likeness (QED) is 0.595. The zero-order valence-corrected chi connectivity index (χ0v) is 17.1. The van der Waals surface area contributed by atoms with Crippen LogP contribution < -0.4 is 10.1 Å². The molecule has 146 valence electrons. The van der Waals surface area contributed by atoms with Gasteiger partial charge < -0.3 is 10.1 Å². The lowest BCUT2D eigenvalue weighted by atomic mass is 9.92. The normalized spacial score (nSPS) is 14.6. The van der Waals surface area contributed by atoms with Crippen molar-refractivity contribution >= 4 is 29.1 Å². The van der Waals surface area contributed by atoms with E-state index in [0.717, 1.165) is 15.5 Å². The molecule has 1 amide bonds. The van der Waals surface area contributed by atoms with E-state index in [1.54, 1.807) is 30.0 Å². The van der Waals surface area contributed by atoms with Crippen molar-refractivity contribution in [2.24, 2.45) is 0 Å². The summed E-state index contributed by atoms with van der Waals surface area (Å²) < 4.78 is 5.87. The molecule has 0 bridgehead atoms. The molecule has 0 fully saturated rings. The molecule has 0 saturated heterocycles. The molecule has 0 aliphatic carbocycles. The van der Waals surface area contributed by atoms with Gasteiger partial charge >= 0.3 is 0 Å². The molecule has 1 heterocycles. The van der Waals surface area contributed by atoms with Crippen LogP contribution in [0.4, 0.5) is 5.69 Å². The topological polar surface area (TPSA) is 55.4 Å². The Morgan fingerprint density at radius 1 is 1.00 bits per heavy atom. The number of hydrogen-bond donors (Lipinski definition) is 1. The number of benzene rings is 3. The van der Waals surface area contributed by atoms with Crippen molar-refractivity contribution in [3.05, 3.63) is 83.9 Å². The van der Waals surface area contributed by atoms with Crippen molar-refractivity contribution in [1.29, 1.82) is 0 Å². The van der Waals surface area contributed by atoms with Crippen LogP contribution in [0.1, 0.15) is 41.0 Å². The van der Waals surface area contributed by atoms with E-state index in [4.69, 9.17) is 4.74 Å². The summed E-state index contributed by atoms with van der Waals surface area (Å²) in [7, 11) is 0. The highest BCUT2D eigenvalue weighted by Gasteiger charge is 2.32. The van der Waals surface area contributed by atoms with Crippen LogP contribution in [0, 0.1) is 0 Å². The Labute approximate surface area is 174 Å². The van der Waals surface area contributed by atoms with Crippen LogP contribution >= 0.6 is 11.8 Å². The molecule has 1 aliphatic rings. The Hall–Kier alpha value is -3.05. The van der Waals surface area contributed by atoms with Crippen LogP contribution in [0.5, 0.6) is 5.75 Å². The zero-order valence-electron chi connectivity index (χ0n) is 16.3. The van der Waals surface area contributed by atoms with Crippen LogP contribution in [0.25, 0.3) is 0 Å². The fourth-order valence-corrected chi connectivity index (χ4v) is 4.19. The molecular formula is C24H21NO3S. The minimum absolute atomic E-state index is 0.00840. The standard InChI is InChI=1S/C24H21NO3S/c1-24(2)15-20(26)18-14-16(12-13-21(18)28-24)23(27)25-19-10-6-7-11-22(19)29-17-8-4-3-5-9-17/h3-14H,15H2,1-2H3,(H,25,27). The highest BCUT2D eigenvalue weighted by Crippen LogP contribution is 2.35. The first-order valence-electron chi connectivity index (χ1n) is 9.41. The van der Waals surface area contributed by atoms with Crippen LogP contribution in [-0.4, -0.2) is 17.3 Å². The summed E-state index contributed by atoms with van der Waals surface area (Å²) in [6, 6.07) is 22.7. The van der Waals surface area contributed by atoms with Gasteiger partial charge in [0.1, 0.15) is 11.4 Å². The van der Waals surface area contributed by atoms with E-state index in [9.17, 15) is 9.59 Å². The maximum absolute atomic E-state index is 12.9. The zero-order chi connectivity index (χ0) is 20.4. The molecule has 4 rings (SSSR count). The van der Waals surface area contributed by atoms with Gasteiger partial charge in [-0.1, -0.05) is 42.1 Å². The second kappa shape index (κ2) is 7.76. The number of carbonyl (C=O) groups is 2. The summed E-state index contributed by atoms with van der Waals surface area (Å²) in [6.45, 7) is 3.77. The lowest BCUT2D eigenvalue weighted by molar-refractivity contribution is 0.0620. The third-order valence-electron chi connectivity index (χ3n) is 4.62. The van der Waals surface area contributed by atoms with Crippen molar-refractivity contribution in [1.82, 2.24) is 0 Å². The number of fused-ring (bicyclic) bond motifs is 1. The molecule has 0 radical (unpaired) electrons. The highest BCUT2D eigenvalue weighted by atomic mass is 32.2. The van der Waals surface area contributed by atoms with E-state index >= 15 is 0 Å². The minimum atomic E-state index is -0.526. The third kappa shape index (κ3) is 4.35. The second-order valence-electron chi connectivity index (χ2n) is 7.54. The van der Waals surface area contributed by atoms with Crippen LogP contribution in [0.3, 0.4) is 0 Å². The van der Waals surface area contributed by atoms with Crippen molar-refractivity contribution in [2.75, 3.05) is 5.32 Å². The molecule has 0 atom stereocenters. The number of amides is 1. The lowest BCUT2D eigenvalue weighted by Gasteiger charge is -2.31. The minimum Gasteiger partial charge on any atom is -0.487 e. The molecule has 4 nitrogen and oxygen atoms in total. The average molecular weight is 404 g/mol. The number of ether oxygens (including phenoxy) is 1. The number of hydrogen-bond acceptors (Lipinski definition) is 4. The average Bonchev–Trinajstić information content (AvgIpc) is 2.69. The monoisotopic (exact) mass is 403 g/mol. The van der Waals surface area contributed by atoms with Crippen molar-refractivity contribution in [2.45, 2.75) is 35.7 Å². The smallest absolute Gasteiger partial charge is 0.255 e. The second-order valence-corrected chi connectivity index (χ2v) is 8.65. The summed E-state index contributed by atoms with van der Waals surface area (Å²) in [4.78, 5) is 27.4. The molecule has 0 aromatic heterocycles. The summed E-state index contributed by atoms with van der Waals surface area (Å²) in [5.74, 6) is 0.264. The van der Waals surface area contributed by atoms with Gasteiger partial charge in [0.05, 0.1) is 17.7 Å². The van der Waals surface area contributed by atoms with Crippen molar-refractivity contribution < 1.29 is 14.3 Å². The summed E-state index contributed by atoms with van der Waals surface area (Å²) in [5.41, 5.74) is 1.10. The molecule has 1 N–H and O–H groups in total. The molecule has 1 aliphatic heterocycles. The van der Waals surface area contributed by atoms with Gasteiger partial charge in [0.25, 0.3) is 5.91 Å². The fraction of sp³-hybridized carbons (Fsp3) is 0.167. The number of ketones is 1. The van der Waals surface area contributed by atoms with E-state index in [0.29, 0.717) is 23.3 Å². The largest absolute Gasteiger partial charge is 0.487 e. The van der Waals surface area contributed by atoms with E-state index < -0.39 is 5.60 Å². The molecule has 5 heteroatoms. The first-order valence-corrected chi connectivity index (χ1v) is 10.2. The van der Waals surface area contributed by atoms with E-state index in [-0.39, 0.29) is 11.7 Å². The SMILES string of the molecule is CC1(C)CC(=O)c2cc(C(=O)Nc3ccccc3Sc3ccccc3)ccc2O1. The van der Waals surface area contributed by atoms with Gasteiger partial charge in [0.15, 0.2) is 5.78 Å². The van der Waals surface area contributed by atoms with Crippen LogP contribution in [0.2, 0.25) is 0 Å². The summed E-state index contributed by atoms with van der Waals surface area (Å²) >= 11 is 1.59. The Balaban J connectivity index is 1.57. The first-order chi connectivity index (χ1) is 13.9. The van der Waals surface area contributed by atoms with Gasteiger partial charge in [0, 0.05) is 15.4 Å². The van der Waals surface area contributed by atoms with Gasteiger partial charge in [-0.15, -0.1) is 0 Å². The molecule has 0 saturated carbocycles. The van der Waals surface area contributed by atoms with Gasteiger partial charge in [-0.05, 0) is 56.3 Å². The Morgan fingerprint density at radius 2 is 1.72 bits per heavy atom. The number of anilines is 1. The van der Waals surface area contributed by atoms with E-state index in [1.807, 2.05) is 68.4 Å². The number of carbonyl (C=O) groups excluding carboxylic acids is 2. The van der Waals surface area contributed by atoms with Gasteiger partial charge in [-0.25, -0.2) is 0 Å². The first kappa shape index (κ1) is 19.3. The van der Waals surface area contributed by atoms with Crippen molar-refractivity contribution in [3.63, 3.8) is 0 Å².